The maximum absolute atomic E-state index is 12.4. The lowest BCUT2D eigenvalue weighted by molar-refractivity contribution is 0.306. The number of methoxy groups -OCH3 is 1. The average molecular weight is 526 g/mol. The van der Waals surface area contributed by atoms with Crippen molar-refractivity contribution in [3.63, 3.8) is 0 Å². The largest absolute Gasteiger partial charge is 0.495 e. The first-order valence-corrected chi connectivity index (χ1v) is 15.0. The van der Waals surface area contributed by atoms with Gasteiger partial charge in [0.15, 0.2) is 0 Å². The van der Waals surface area contributed by atoms with E-state index in [9.17, 15) is 16.8 Å². The van der Waals surface area contributed by atoms with E-state index >= 15 is 0 Å². The van der Waals surface area contributed by atoms with Crippen LogP contribution in [-0.2, 0) is 26.7 Å². The van der Waals surface area contributed by atoms with Gasteiger partial charge in [-0.2, -0.15) is 3.71 Å². The second-order valence-corrected chi connectivity index (χ2v) is 12.6. The summed E-state index contributed by atoms with van der Waals surface area (Å²) in [4.78, 5) is 0. The van der Waals surface area contributed by atoms with Gasteiger partial charge in [0.1, 0.15) is 18.1 Å². The van der Waals surface area contributed by atoms with Crippen LogP contribution in [-0.4, -0.2) is 36.5 Å². The van der Waals surface area contributed by atoms with Crippen LogP contribution < -0.4 is 13.2 Å². The Hall–Kier alpha value is -3.48. The predicted molar refractivity (Wildman–Crippen MR) is 140 cm³/mol. The van der Waals surface area contributed by atoms with Crippen LogP contribution in [0.15, 0.2) is 66.7 Å². The molecule has 0 saturated heterocycles. The smallest absolute Gasteiger partial charge is 0.245 e. The Morgan fingerprint density at radius 3 is 2.08 bits per heavy atom. The molecule has 36 heavy (non-hydrogen) atoms. The van der Waals surface area contributed by atoms with Gasteiger partial charge in [0.25, 0.3) is 0 Å². The van der Waals surface area contributed by atoms with E-state index in [0.717, 1.165) is 42.2 Å². The number of benzene rings is 3. The fourth-order valence-corrected chi connectivity index (χ4v) is 6.85. The Bertz CT molecular complexity index is 1480. The molecule has 188 valence electrons. The van der Waals surface area contributed by atoms with Crippen molar-refractivity contribution in [3.05, 3.63) is 89.0 Å². The zero-order valence-electron chi connectivity index (χ0n) is 20.3. The summed E-state index contributed by atoms with van der Waals surface area (Å²) in [6.07, 6.45) is 3.44. The van der Waals surface area contributed by atoms with Crippen molar-refractivity contribution in [2.75, 3.05) is 23.3 Å². The molecule has 0 N–H and O–H groups in total. The highest BCUT2D eigenvalue weighted by Crippen LogP contribution is 2.47. The van der Waals surface area contributed by atoms with Crippen LogP contribution in [0.2, 0.25) is 0 Å². The van der Waals surface area contributed by atoms with Gasteiger partial charge in [0.2, 0.25) is 20.0 Å². The molecular formula is C27H27NO6S2. The molecule has 0 radical (unpaired) electrons. The molecule has 0 atom stereocenters. The van der Waals surface area contributed by atoms with Crippen molar-refractivity contribution in [2.24, 2.45) is 0 Å². The molecule has 0 spiro atoms. The first-order chi connectivity index (χ1) is 17.1. The summed E-state index contributed by atoms with van der Waals surface area (Å²) in [7, 11) is -6.73. The second kappa shape index (κ2) is 10.2. The third-order valence-electron chi connectivity index (χ3n) is 5.61. The van der Waals surface area contributed by atoms with E-state index in [4.69, 9.17) is 9.47 Å². The van der Waals surface area contributed by atoms with Crippen LogP contribution >= 0.6 is 0 Å². The molecule has 1 saturated carbocycles. The van der Waals surface area contributed by atoms with Gasteiger partial charge in [0.05, 0.1) is 30.9 Å². The van der Waals surface area contributed by atoms with Gasteiger partial charge in [-0.1, -0.05) is 42.2 Å². The molecule has 7 nitrogen and oxygen atoms in total. The Balaban J connectivity index is 1.63. The standard InChI is InChI=1S/C27H27NO6S2/c1-33-27-18-26(28(35(2,29)30)36(3,31)32)25(22-13-14-22)17-23(27)12-9-20-10-15-24(16-11-20)34-19-21-7-5-4-6-8-21/h4-8,10-11,15-18,22H,13-14,19H2,1-3H3. The van der Waals surface area contributed by atoms with Gasteiger partial charge in [-0.15, -0.1) is 0 Å². The van der Waals surface area contributed by atoms with Crippen molar-refractivity contribution in [1.82, 2.24) is 0 Å². The molecule has 1 aliphatic carbocycles. The summed E-state index contributed by atoms with van der Waals surface area (Å²) in [5.74, 6) is 7.28. The minimum absolute atomic E-state index is 0.0681. The molecule has 1 aliphatic rings. The van der Waals surface area contributed by atoms with Gasteiger partial charge in [-0.25, -0.2) is 16.8 Å². The van der Waals surface area contributed by atoms with Crippen LogP contribution in [0, 0.1) is 11.8 Å². The Morgan fingerprint density at radius 1 is 0.889 bits per heavy atom. The van der Waals surface area contributed by atoms with E-state index in [2.05, 4.69) is 11.8 Å². The fourth-order valence-electron chi connectivity index (χ4n) is 3.85. The molecule has 0 aliphatic heterocycles. The van der Waals surface area contributed by atoms with Crippen molar-refractivity contribution in [1.29, 1.82) is 0 Å². The predicted octanol–water partition coefficient (Wildman–Crippen LogP) is 4.28. The lowest BCUT2D eigenvalue weighted by atomic mass is 10.0. The first-order valence-electron chi connectivity index (χ1n) is 11.3. The van der Waals surface area contributed by atoms with E-state index in [-0.39, 0.29) is 11.6 Å². The van der Waals surface area contributed by atoms with Gasteiger partial charge >= 0.3 is 0 Å². The van der Waals surface area contributed by atoms with Crippen molar-refractivity contribution in [2.45, 2.75) is 25.4 Å². The monoisotopic (exact) mass is 525 g/mol. The maximum atomic E-state index is 12.4. The van der Waals surface area contributed by atoms with E-state index < -0.39 is 20.0 Å². The highest BCUT2D eigenvalue weighted by atomic mass is 32.3. The van der Waals surface area contributed by atoms with Crippen LogP contribution in [0.25, 0.3) is 0 Å². The molecule has 0 heterocycles. The topological polar surface area (TPSA) is 90.0 Å². The van der Waals surface area contributed by atoms with E-state index in [1.807, 2.05) is 54.6 Å². The van der Waals surface area contributed by atoms with Crippen LogP contribution in [0.4, 0.5) is 5.69 Å². The van der Waals surface area contributed by atoms with Crippen molar-refractivity contribution < 1.29 is 26.3 Å². The Labute approximate surface area is 212 Å². The molecule has 3 aromatic carbocycles. The number of nitrogens with zero attached hydrogens (tertiary/aromatic N) is 1. The molecule has 9 heteroatoms. The molecular weight excluding hydrogens is 498 g/mol. The Kier molecular flexibility index (Phi) is 7.29. The summed E-state index contributed by atoms with van der Waals surface area (Å²) in [6, 6.07) is 20.5. The second-order valence-electron chi connectivity index (χ2n) is 8.66. The zero-order valence-corrected chi connectivity index (χ0v) is 21.9. The van der Waals surface area contributed by atoms with Gasteiger partial charge in [0, 0.05) is 11.6 Å². The third-order valence-corrected chi connectivity index (χ3v) is 8.83. The molecule has 3 aromatic rings. The van der Waals surface area contributed by atoms with Gasteiger partial charge in [-0.05, 0) is 60.2 Å². The fraction of sp³-hybridized carbons (Fsp3) is 0.259. The molecule has 0 unspecified atom stereocenters. The SMILES string of the molecule is COc1cc(N(S(C)(=O)=O)S(C)(=O)=O)c(C2CC2)cc1C#Cc1ccc(OCc2ccccc2)cc1. The van der Waals surface area contributed by atoms with Crippen LogP contribution in [0.5, 0.6) is 11.5 Å². The summed E-state index contributed by atoms with van der Waals surface area (Å²) in [6.45, 7) is 0.470. The molecule has 0 amide bonds. The molecule has 4 rings (SSSR count). The summed E-state index contributed by atoms with van der Waals surface area (Å²) >= 11 is 0. The van der Waals surface area contributed by atoms with Gasteiger partial charge in [-0.3, -0.25) is 0 Å². The quantitative estimate of drug-likeness (QED) is 0.408. The highest BCUT2D eigenvalue weighted by molar-refractivity contribution is 8.09. The summed E-state index contributed by atoms with van der Waals surface area (Å²) in [5.41, 5.74) is 3.10. The first kappa shape index (κ1) is 25.6. The third kappa shape index (κ3) is 6.20. The van der Waals surface area contributed by atoms with Gasteiger partial charge < -0.3 is 9.47 Å². The van der Waals surface area contributed by atoms with Crippen molar-refractivity contribution in [3.8, 4) is 23.3 Å². The number of ether oxygens (including phenoxy) is 2. The zero-order chi connectivity index (χ0) is 25.9. The maximum Gasteiger partial charge on any atom is 0.245 e. The summed E-state index contributed by atoms with van der Waals surface area (Å²) < 4.78 is 61.3. The van der Waals surface area contributed by atoms with E-state index in [1.54, 1.807) is 6.07 Å². The van der Waals surface area contributed by atoms with E-state index in [1.165, 1.54) is 13.2 Å². The molecule has 0 bridgehead atoms. The number of anilines is 1. The number of hydrogen-bond donors (Lipinski definition) is 0. The molecule has 1 fully saturated rings. The number of hydrogen-bond acceptors (Lipinski definition) is 6. The molecule has 0 aromatic heterocycles. The normalized spacial score (nSPS) is 13.4. The number of sulfonamides is 2. The van der Waals surface area contributed by atoms with Crippen molar-refractivity contribution >= 4 is 25.7 Å². The number of rotatable bonds is 8. The minimum Gasteiger partial charge on any atom is -0.495 e. The lowest BCUT2D eigenvalue weighted by Gasteiger charge is -2.23. The van der Waals surface area contributed by atoms with E-state index in [0.29, 0.717) is 27.2 Å². The Morgan fingerprint density at radius 2 is 1.53 bits per heavy atom. The lowest BCUT2D eigenvalue weighted by Crippen LogP contribution is -2.36. The average Bonchev–Trinajstić information content (AvgIpc) is 3.66. The highest BCUT2D eigenvalue weighted by Gasteiger charge is 2.35. The van der Waals surface area contributed by atoms with Crippen LogP contribution in [0.3, 0.4) is 0 Å². The van der Waals surface area contributed by atoms with Crippen LogP contribution in [0.1, 0.15) is 41.0 Å². The minimum atomic E-state index is -4.08. The summed E-state index contributed by atoms with van der Waals surface area (Å²) in [5, 5.41) is 0.